The summed E-state index contributed by atoms with van der Waals surface area (Å²) in [6.07, 6.45) is 0. The molecule has 13 rings (SSSR count). The predicted octanol–water partition coefficient (Wildman–Crippen LogP) is 14.7. The minimum Gasteiger partial charge on any atom is -0.455 e. The average Bonchev–Trinajstić information content (AvgIpc) is 4.00. The zero-order valence-corrected chi connectivity index (χ0v) is 32.8. The van der Waals surface area contributed by atoms with Crippen LogP contribution in [0.2, 0.25) is 0 Å². The van der Waals surface area contributed by atoms with Crippen LogP contribution >= 0.6 is 0 Å². The molecule has 0 saturated heterocycles. The van der Waals surface area contributed by atoms with Gasteiger partial charge in [0.25, 0.3) is 0 Å². The molecule has 0 spiro atoms. The second-order valence-electron chi connectivity index (χ2n) is 15.7. The molecule has 0 amide bonds. The quantitative estimate of drug-likeness (QED) is 0.175. The number of fused-ring (bicyclic) bond motifs is 12. The van der Waals surface area contributed by atoms with Gasteiger partial charge in [0, 0.05) is 54.8 Å². The highest BCUT2D eigenvalue weighted by atomic mass is 16.3. The van der Waals surface area contributed by atoms with Crippen LogP contribution in [0.3, 0.4) is 0 Å². The van der Waals surface area contributed by atoms with Crippen molar-refractivity contribution in [3.63, 3.8) is 0 Å². The highest BCUT2D eigenvalue weighted by Gasteiger charge is 2.24. The summed E-state index contributed by atoms with van der Waals surface area (Å²) in [5.74, 6) is 0.697. The summed E-state index contributed by atoms with van der Waals surface area (Å²) >= 11 is 0. The molecule has 0 aliphatic heterocycles. The summed E-state index contributed by atoms with van der Waals surface area (Å²) < 4.78 is 11.7. The van der Waals surface area contributed by atoms with Gasteiger partial charge in [-0.2, -0.15) is 0 Å². The molecule has 4 aromatic heterocycles. The highest BCUT2D eigenvalue weighted by Crippen LogP contribution is 2.46. The van der Waals surface area contributed by atoms with Gasteiger partial charge in [0.1, 0.15) is 11.2 Å². The first-order valence-corrected chi connectivity index (χ1v) is 20.7. The van der Waals surface area contributed by atoms with E-state index in [-0.39, 0.29) is 0 Å². The second kappa shape index (κ2) is 13.1. The standard InChI is InChI=1S/C56H34N4O/c1-3-13-35(14-4-1)36-23-27-39(28-24-36)59-48-33-31-43-41-17-8-11-21-47(41)60(54(43)51(48)52-49(59)34-32-44-42-18-9-12-22-50(42)61-55(44)52)40-29-25-38(26-30-40)56-57-46-20-10-7-19-45(46)53(58-56)37-15-5-2-6-16-37/h1-34H. The molecule has 4 heterocycles. The van der Waals surface area contributed by atoms with Crippen molar-refractivity contribution in [2.24, 2.45) is 0 Å². The maximum absolute atomic E-state index is 6.87. The topological polar surface area (TPSA) is 48.8 Å². The third kappa shape index (κ3) is 5.08. The molecule has 13 aromatic rings. The molecule has 5 nitrogen and oxygen atoms in total. The number of furan rings is 1. The van der Waals surface area contributed by atoms with Crippen LogP contribution in [0.4, 0.5) is 0 Å². The Morgan fingerprint density at radius 2 is 0.918 bits per heavy atom. The van der Waals surface area contributed by atoms with Crippen molar-refractivity contribution in [1.29, 1.82) is 0 Å². The Kier molecular flexibility index (Phi) is 7.24. The van der Waals surface area contributed by atoms with Crippen molar-refractivity contribution in [1.82, 2.24) is 19.1 Å². The monoisotopic (exact) mass is 778 g/mol. The van der Waals surface area contributed by atoms with Gasteiger partial charge < -0.3 is 13.6 Å². The molecule has 0 unspecified atom stereocenters. The van der Waals surface area contributed by atoms with E-state index in [1.807, 2.05) is 24.3 Å². The van der Waals surface area contributed by atoms with Crippen LogP contribution in [0.1, 0.15) is 0 Å². The minimum absolute atomic E-state index is 0.697. The largest absolute Gasteiger partial charge is 0.455 e. The van der Waals surface area contributed by atoms with Crippen molar-refractivity contribution >= 4 is 76.5 Å². The molecule has 0 radical (unpaired) electrons. The maximum atomic E-state index is 6.87. The minimum atomic E-state index is 0.697. The van der Waals surface area contributed by atoms with Crippen molar-refractivity contribution in [3.05, 3.63) is 206 Å². The molecule has 61 heavy (non-hydrogen) atoms. The smallest absolute Gasteiger partial charge is 0.160 e. The van der Waals surface area contributed by atoms with Gasteiger partial charge in [0.15, 0.2) is 5.82 Å². The second-order valence-corrected chi connectivity index (χ2v) is 15.7. The first-order valence-electron chi connectivity index (χ1n) is 20.7. The van der Waals surface area contributed by atoms with Crippen LogP contribution in [0.25, 0.3) is 122 Å². The van der Waals surface area contributed by atoms with Crippen LogP contribution in [0, 0.1) is 0 Å². The fourth-order valence-corrected chi connectivity index (χ4v) is 9.58. The third-order valence-corrected chi connectivity index (χ3v) is 12.3. The third-order valence-electron chi connectivity index (χ3n) is 12.3. The number of aromatic nitrogens is 4. The van der Waals surface area contributed by atoms with E-state index in [4.69, 9.17) is 14.4 Å². The molecule has 9 aromatic carbocycles. The molecular weight excluding hydrogens is 745 g/mol. The number of rotatable bonds is 5. The van der Waals surface area contributed by atoms with Crippen LogP contribution in [0.5, 0.6) is 0 Å². The number of benzene rings is 9. The highest BCUT2D eigenvalue weighted by molar-refractivity contribution is 6.32. The van der Waals surface area contributed by atoms with E-state index < -0.39 is 0 Å². The SMILES string of the molecule is c1ccc(-c2ccc(-n3c4ccc5c6ccccc6oc5c4c4c3ccc3c5ccccc5n(-c5ccc(-c6nc(-c7ccccc7)c7ccccc7n6)cc5)c34)cc2)cc1. The summed E-state index contributed by atoms with van der Waals surface area (Å²) in [7, 11) is 0. The summed E-state index contributed by atoms with van der Waals surface area (Å²) in [5.41, 5.74) is 14.6. The Labute approximate surface area is 350 Å². The lowest BCUT2D eigenvalue weighted by Crippen LogP contribution is -1.97. The van der Waals surface area contributed by atoms with Gasteiger partial charge in [-0.1, -0.05) is 133 Å². The Balaban J connectivity index is 1.08. The zero-order chi connectivity index (χ0) is 40.0. The molecule has 284 valence electrons. The summed E-state index contributed by atoms with van der Waals surface area (Å²) in [6, 6.07) is 73.0. The lowest BCUT2D eigenvalue weighted by atomic mass is 10.0. The van der Waals surface area contributed by atoms with Gasteiger partial charge in [-0.05, 0) is 83.9 Å². The first kappa shape index (κ1) is 33.7. The maximum Gasteiger partial charge on any atom is 0.160 e. The van der Waals surface area contributed by atoms with E-state index >= 15 is 0 Å². The van der Waals surface area contributed by atoms with Gasteiger partial charge in [-0.3, -0.25) is 0 Å². The van der Waals surface area contributed by atoms with Gasteiger partial charge >= 0.3 is 0 Å². The van der Waals surface area contributed by atoms with E-state index in [9.17, 15) is 0 Å². The number of hydrogen-bond donors (Lipinski definition) is 0. The van der Waals surface area contributed by atoms with Gasteiger partial charge in [-0.25, -0.2) is 9.97 Å². The Morgan fingerprint density at radius 1 is 0.344 bits per heavy atom. The summed E-state index contributed by atoms with van der Waals surface area (Å²) in [6.45, 7) is 0. The van der Waals surface area contributed by atoms with Gasteiger partial charge in [-0.15, -0.1) is 0 Å². The molecule has 0 N–H and O–H groups in total. The fraction of sp³-hybridized carbons (Fsp3) is 0. The Bertz CT molecular complexity index is 3840. The van der Waals surface area contributed by atoms with Crippen LogP contribution in [0.15, 0.2) is 211 Å². The van der Waals surface area contributed by atoms with Crippen molar-refractivity contribution in [3.8, 4) is 45.1 Å². The first-order chi connectivity index (χ1) is 30.3. The van der Waals surface area contributed by atoms with Crippen LogP contribution in [-0.4, -0.2) is 19.1 Å². The molecular formula is C56H34N4O. The van der Waals surface area contributed by atoms with Crippen molar-refractivity contribution in [2.45, 2.75) is 0 Å². The molecule has 0 saturated carbocycles. The van der Waals surface area contributed by atoms with E-state index in [1.54, 1.807) is 0 Å². The Morgan fingerprint density at radius 3 is 1.69 bits per heavy atom. The molecule has 5 heteroatoms. The van der Waals surface area contributed by atoms with Gasteiger partial charge in [0.2, 0.25) is 0 Å². The molecule has 0 bridgehead atoms. The van der Waals surface area contributed by atoms with E-state index in [1.165, 1.54) is 21.9 Å². The zero-order valence-electron chi connectivity index (χ0n) is 32.8. The Hall–Kier alpha value is -8.28. The molecule has 0 aliphatic carbocycles. The van der Waals surface area contributed by atoms with E-state index in [0.29, 0.717) is 5.82 Å². The predicted molar refractivity (Wildman–Crippen MR) is 252 cm³/mol. The number of hydrogen-bond acceptors (Lipinski definition) is 3. The summed E-state index contributed by atoms with van der Waals surface area (Å²) in [5, 5.41) is 7.88. The lowest BCUT2D eigenvalue weighted by molar-refractivity contribution is 0.673. The van der Waals surface area contributed by atoms with E-state index in [0.717, 1.165) is 93.9 Å². The van der Waals surface area contributed by atoms with Crippen molar-refractivity contribution < 1.29 is 4.42 Å². The molecule has 0 fully saturated rings. The fourth-order valence-electron chi connectivity index (χ4n) is 9.58. The molecule has 0 aliphatic rings. The van der Waals surface area contributed by atoms with Gasteiger partial charge in [0.05, 0.1) is 38.7 Å². The number of nitrogens with zero attached hydrogens (tertiary/aromatic N) is 4. The van der Waals surface area contributed by atoms with E-state index in [2.05, 4.69) is 191 Å². The number of para-hydroxylation sites is 3. The summed E-state index contributed by atoms with van der Waals surface area (Å²) in [4.78, 5) is 10.2. The lowest BCUT2D eigenvalue weighted by Gasteiger charge is -2.12. The van der Waals surface area contributed by atoms with Crippen LogP contribution < -0.4 is 0 Å². The average molecular weight is 779 g/mol. The normalized spacial score (nSPS) is 11.9. The van der Waals surface area contributed by atoms with Crippen LogP contribution in [-0.2, 0) is 0 Å². The molecule has 0 atom stereocenters. The van der Waals surface area contributed by atoms with Crippen molar-refractivity contribution in [2.75, 3.05) is 0 Å².